The first-order valence-corrected chi connectivity index (χ1v) is 5.73. The maximum Gasteiger partial charge on any atom is 0.416 e. The van der Waals surface area contributed by atoms with Crippen LogP contribution in [0.25, 0.3) is 0 Å². The maximum absolute atomic E-state index is 12.3. The van der Waals surface area contributed by atoms with Gasteiger partial charge in [0.25, 0.3) is 0 Å². The third-order valence-corrected chi connectivity index (χ3v) is 2.82. The molecule has 0 radical (unpaired) electrons. The van der Waals surface area contributed by atoms with E-state index in [1.165, 1.54) is 12.1 Å². The predicted molar refractivity (Wildman–Crippen MR) is 63.9 cm³/mol. The molecule has 0 aliphatic carbocycles. The summed E-state index contributed by atoms with van der Waals surface area (Å²) < 4.78 is 37.0. The Labute approximate surface area is 105 Å². The van der Waals surface area contributed by atoms with Gasteiger partial charge in [0.15, 0.2) is 0 Å². The van der Waals surface area contributed by atoms with Gasteiger partial charge in [0, 0.05) is 5.56 Å². The zero-order valence-electron chi connectivity index (χ0n) is 10.3. The Kier molecular flexibility index (Phi) is 4.42. The molecule has 0 unspecified atom stereocenters. The van der Waals surface area contributed by atoms with Crippen molar-refractivity contribution in [3.63, 3.8) is 0 Å². The number of hydrogen-bond acceptors (Lipinski definition) is 1. The Balaban J connectivity index is 2.92. The van der Waals surface area contributed by atoms with Gasteiger partial charge in [0.1, 0.15) is 5.60 Å². The van der Waals surface area contributed by atoms with Crippen LogP contribution in [0.15, 0.2) is 24.3 Å². The predicted octanol–water partition coefficient (Wildman–Crippen LogP) is 3.61. The topological polar surface area (TPSA) is 20.2 Å². The SMILES string of the molecule is CCC(O)(C#Cc1ccc(C(F)(F)F)cc1)CC. The van der Waals surface area contributed by atoms with Crippen LogP contribution in [0, 0.1) is 11.8 Å². The highest BCUT2D eigenvalue weighted by Gasteiger charge is 2.29. The Morgan fingerprint density at radius 1 is 1.06 bits per heavy atom. The summed E-state index contributed by atoms with van der Waals surface area (Å²) in [6.07, 6.45) is -3.37. The highest BCUT2D eigenvalue weighted by molar-refractivity contribution is 5.38. The van der Waals surface area contributed by atoms with Crippen LogP contribution in [0.5, 0.6) is 0 Å². The summed E-state index contributed by atoms with van der Waals surface area (Å²) in [4.78, 5) is 0. The van der Waals surface area contributed by atoms with Crippen molar-refractivity contribution in [2.24, 2.45) is 0 Å². The summed E-state index contributed by atoms with van der Waals surface area (Å²) in [7, 11) is 0. The normalized spacial score (nSPS) is 11.9. The molecule has 18 heavy (non-hydrogen) atoms. The van der Waals surface area contributed by atoms with Crippen molar-refractivity contribution in [1.29, 1.82) is 0 Å². The first kappa shape index (κ1) is 14.6. The molecule has 1 rings (SSSR count). The first-order valence-electron chi connectivity index (χ1n) is 5.73. The van der Waals surface area contributed by atoms with Gasteiger partial charge in [0.05, 0.1) is 5.56 Å². The van der Waals surface area contributed by atoms with Crippen LogP contribution in [0.3, 0.4) is 0 Å². The first-order chi connectivity index (χ1) is 8.30. The minimum atomic E-state index is -4.33. The zero-order valence-corrected chi connectivity index (χ0v) is 10.3. The lowest BCUT2D eigenvalue weighted by atomic mass is 9.98. The molecular formula is C14H15F3O. The highest BCUT2D eigenvalue weighted by atomic mass is 19.4. The average Bonchev–Trinajstić information content (AvgIpc) is 2.35. The second-order valence-corrected chi connectivity index (χ2v) is 4.06. The van der Waals surface area contributed by atoms with Crippen LogP contribution in [0.2, 0.25) is 0 Å². The van der Waals surface area contributed by atoms with E-state index in [0.29, 0.717) is 18.4 Å². The largest absolute Gasteiger partial charge is 0.416 e. The van der Waals surface area contributed by atoms with E-state index in [1.807, 2.05) is 13.8 Å². The lowest BCUT2D eigenvalue weighted by Gasteiger charge is -2.17. The van der Waals surface area contributed by atoms with E-state index in [-0.39, 0.29) is 0 Å². The molecule has 0 heterocycles. The van der Waals surface area contributed by atoms with E-state index in [0.717, 1.165) is 12.1 Å². The molecule has 0 aliphatic rings. The highest BCUT2D eigenvalue weighted by Crippen LogP contribution is 2.28. The van der Waals surface area contributed by atoms with Crippen molar-refractivity contribution in [3.05, 3.63) is 35.4 Å². The van der Waals surface area contributed by atoms with Crippen LogP contribution < -0.4 is 0 Å². The number of rotatable bonds is 2. The molecular weight excluding hydrogens is 241 g/mol. The van der Waals surface area contributed by atoms with Crippen LogP contribution >= 0.6 is 0 Å². The van der Waals surface area contributed by atoms with Gasteiger partial charge in [-0.15, -0.1) is 0 Å². The monoisotopic (exact) mass is 256 g/mol. The molecule has 1 aromatic rings. The lowest BCUT2D eigenvalue weighted by molar-refractivity contribution is -0.137. The number of aliphatic hydroxyl groups is 1. The van der Waals surface area contributed by atoms with E-state index in [4.69, 9.17) is 0 Å². The minimum absolute atomic E-state index is 0.461. The molecule has 0 amide bonds. The van der Waals surface area contributed by atoms with Crippen molar-refractivity contribution in [1.82, 2.24) is 0 Å². The summed E-state index contributed by atoms with van der Waals surface area (Å²) >= 11 is 0. The van der Waals surface area contributed by atoms with Crippen molar-refractivity contribution in [2.45, 2.75) is 38.5 Å². The van der Waals surface area contributed by atoms with Crippen LogP contribution in [0.1, 0.15) is 37.8 Å². The van der Waals surface area contributed by atoms with E-state index in [1.54, 1.807) is 0 Å². The molecule has 0 saturated carbocycles. The maximum atomic E-state index is 12.3. The third kappa shape index (κ3) is 3.78. The van der Waals surface area contributed by atoms with Gasteiger partial charge in [-0.05, 0) is 37.1 Å². The van der Waals surface area contributed by atoms with Crippen LogP contribution in [0.4, 0.5) is 13.2 Å². The molecule has 1 aromatic carbocycles. The fraction of sp³-hybridized carbons (Fsp3) is 0.429. The Hall–Kier alpha value is -1.47. The van der Waals surface area contributed by atoms with Crippen molar-refractivity contribution >= 4 is 0 Å². The molecule has 0 atom stereocenters. The summed E-state index contributed by atoms with van der Waals surface area (Å²) in [5.41, 5.74) is -1.31. The summed E-state index contributed by atoms with van der Waals surface area (Å²) in [5, 5.41) is 9.92. The van der Waals surface area contributed by atoms with Crippen molar-refractivity contribution < 1.29 is 18.3 Å². The summed E-state index contributed by atoms with van der Waals surface area (Å²) in [5.74, 6) is 5.39. The van der Waals surface area contributed by atoms with Gasteiger partial charge in [-0.2, -0.15) is 13.2 Å². The van der Waals surface area contributed by atoms with Gasteiger partial charge in [0.2, 0.25) is 0 Å². The van der Waals surface area contributed by atoms with Crippen LogP contribution in [-0.4, -0.2) is 10.7 Å². The molecule has 1 N–H and O–H groups in total. The van der Waals surface area contributed by atoms with Gasteiger partial charge in [-0.3, -0.25) is 0 Å². The molecule has 0 bridgehead atoms. The molecule has 0 fully saturated rings. The van der Waals surface area contributed by atoms with E-state index in [2.05, 4.69) is 11.8 Å². The minimum Gasteiger partial charge on any atom is -0.378 e. The second-order valence-electron chi connectivity index (χ2n) is 4.06. The van der Waals surface area contributed by atoms with E-state index >= 15 is 0 Å². The summed E-state index contributed by atoms with van der Waals surface area (Å²) in [6.45, 7) is 3.62. The van der Waals surface area contributed by atoms with E-state index in [9.17, 15) is 18.3 Å². The molecule has 0 aliphatic heterocycles. The quantitative estimate of drug-likeness (QED) is 0.801. The number of halogens is 3. The zero-order chi connectivity index (χ0) is 13.8. The van der Waals surface area contributed by atoms with E-state index < -0.39 is 17.3 Å². The third-order valence-electron chi connectivity index (χ3n) is 2.82. The molecule has 98 valence electrons. The standard InChI is InChI=1S/C14H15F3O/c1-3-13(18,4-2)10-9-11-5-7-12(8-6-11)14(15,16)17/h5-8,18H,3-4H2,1-2H3. The van der Waals surface area contributed by atoms with Gasteiger partial charge in [-0.1, -0.05) is 25.7 Å². The van der Waals surface area contributed by atoms with Gasteiger partial charge in [-0.25, -0.2) is 0 Å². The summed E-state index contributed by atoms with van der Waals surface area (Å²) in [6, 6.07) is 4.59. The lowest BCUT2D eigenvalue weighted by Crippen LogP contribution is -2.23. The molecule has 1 nitrogen and oxygen atoms in total. The van der Waals surface area contributed by atoms with Crippen molar-refractivity contribution in [2.75, 3.05) is 0 Å². The second kappa shape index (κ2) is 5.45. The van der Waals surface area contributed by atoms with Gasteiger partial charge < -0.3 is 5.11 Å². The van der Waals surface area contributed by atoms with Crippen molar-refractivity contribution in [3.8, 4) is 11.8 Å². The molecule has 0 saturated heterocycles. The number of benzene rings is 1. The number of hydrogen-bond donors (Lipinski definition) is 1. The Morgan fingerprint density at radius 3 is 1.94 bits per heavy atom. The molecule has 4 heteroatoms. The smallest absolute Gasteiger partial charge is 0.378 e. The fourth-order valence-corrected chi connectivity index (χ4v) is 1.36. The average molecular weight is 256 g/mol. The Morgan fingerprint density at radius 2 is 1.56 bits per heavy atom. The molecule has 0 spiro atoms. The molecule has 0 aromatic heterocycles. The Bertz CT molecular complexity index is 445. The van der Waals surface area contributed by atoms with Gasteiger partial charge >= 0.3 is 6.18 Å². The van der Waals surface area contributed by atoms with Crippen LogP contribution in [-0.2, 0) is 6.18 Å². The fourth-order valence-electron chi connectivity index (χ4n) is 1.36. The number of alkyl halides is 3.